The second-order valence-corrected chi connectivity index (χ2v) is 18.3. The van der Waals surface area contributed by atoms with Gasteiger partial charge in [0.05, 0.1) is 43.0 Å². The summed E-state index contributed by atoms with van der Waals surface area (Å²) < 4.78 is 12.7. The number of aliphatic hydroxyl groups is 1. The quantitative estimate of drug-likeness (QED) is 0.172. The van der Waals surface area contributed by atoms with Crippen LogP contribution in [0.5, 0.6) is 11.5 Å². The Bertz CT molecular complexity index is 2370. The third-order valence-corrected chi connectivity index (χ3v) is 14.3. The van der Waals surface area contributed by atoms with E-state index in [1.807, 2.05) is 41.3 Å². The number of hydrogen-bond donors (Lipinski definition) is 4. The molecule has 5 saturated heterocycles. The Morgan fingerprint density at radius 3 is 2.38 bits per heavy atom. The lowest BCUT2D eigenvalue weighted by atomic mass is 9.80. The van der Waals surface area contributed by atoms with Gasteiger partial charge in [-0.15, -0.1) is 10.2 Å². The normalized spacial score (nSPS) is 24.8. The highest BCUT2D eigenvalue weighted by molar-refractivity contribution is 6.02. The van der Waals surface area contributed by atoms with Crippen LogP contribution in [0.25, 0.3) is 11.3 Å². The minimum absolute atomic E-state index is 0.0113. The number of aromatic hydroxyl groups is 1. The maximum atomic E-state index is 13.6. The molecule has 0 saturated carbocycles. The highest BCUT2D eigenvalue weighted by atomic mass is 16.5. The summed E-state index contributed by atoms with van der Waals surface area (Å²) in [6.45, 7) is 4.37. The number of morpholine rings is 1. The average molecular weight is 857 g/mol. The standard InChI is InChI=1S/C48H56N8O7/c49-46-38(26-39(51-52-46)36-7-1-2-10-43(36)57)30-23-32-28-62-29-33(24-30)56(32)31-5-3-6-35(25-31)63-34-13-18-54(19-14-34)45(59)27-48(61)16-21-53(22-17-48)40-8-4-9-41-37(40)15-20-55(41)42-11-12-44(58)50-47(42)60/h1-10,25-26,30,32-34,42,57,61H,11-24,27-29H2,(H2,49,52)(H,50,58,60)/t30?,32-,33+,42?. The first kappa shape index (κ1) is 41.1. The van der Waals surface area contributed by atoms with Crippen molar-refractivity contribution in [2.45, 2.75) is 100.0 Å². The molecule has 2 unspecified atom stereocenters. The molecule has 2 bridgehead atoms. The molecule has 0 aliphatic carbocycles. The number of anilines is 4. The van der Waals surface area contributed by atoms with Gasteiger partial charge in [0.1, 0.15) is 29.5 Å². The Hall–Kier alpha value is -5.93. The Morgan fingerprint density at radius 2 is 1.62 bits per heavy atom. The van der Waals surface area contributed by atoms with Crippen molar-refractivity contribution in [2.24, 2.45) is 0 Å². The number of ether oxygens (including phenoxy) is 2. The zero-order chi connectivity index (χ0) is 43.2. The van der Waals surface area contributed by atoms with E-state index in [0.717, 1.165) is 54.2 Å². The summed E-state index contributed by atoms with van der Waals surface area (Å²) in [4.78, 5) is 46.8. The number of nitrogens with one attached hydrogen (secondary N) is 1. The number of nitrogens with two attached hydrogens (primary N) is 1. The fourth-order valence-electron chi connectivity index (χ4n) is 11.1. The van der Waals surface area contributed by atoms with Gasteiger partial charge in [-0.3, -0.25) is 19.7 Å². The van der Waals surface area contributed by atoms with Crippen LogP contribution < -0.4 is 30.5 Å². The van der Waals surface area contributed by atoms with Gasteiger partial charge in [-0.1, -0.05) is 24.3 Å². The van der Waals surface area contributed by atoms with E-state index in [9.17, 15) is 24.6 Å². The third-order valence-electron chi connectivity index (χ3n) is 14.3. The monoisotopic (exact) mass is 856 g/mol. The van der Waals surface area contributed by atoms with Gasteiger partial charge in [0.25, 0.3) is 0 Å². The van der Waals surface area contributed by atoms with Crippen molar-refractivity contribution in [1.29, 1.82) is 0 Å². The number of fused-ring (bicyclic) bond motifs is 3. The van der Waals surface area contributed by atoms with Gasteiger partial charge >= 0.3 is 0 Å². The summed E-state index contributed by atoms with van der Waals surface area (Å²) in [6, 6.07) is 23.5. The Balaban J connectivity index is 0.718. The maximum absolute atomic E-state index is 13.6. The summed E-state index contributed by atoms with van der Waals surface area (Å²) >= 11 is 0. The number of nitrogens with zero attached hydrogens (tertiary/aromatic N) is 6. The van der Waals surface area contributed by atoms with Crippen LogP contribution in [-0.4, -0.2) is 119 Å². The fraction of sp³-hybridized carbons (Fsp3) is 0.479. The molecule has 330 valence electrons. The van der Waals surface area contributed by atoms with Crippen molar-refractivity contribution in [3.05, 3.63) is 83.9 Å². The lowest BCUT2D eigenvalue weighted by molar-refractivity contribution is -0.139. The number of amides is 3. The molecule has 4 atom stereocenters. The number of para-hydroxylation sites is 1. The number of phenols is 1. The van der Waals surface area contributed by atoms with Crippen molar-refractivity contribution < 1.29 is 34.1 Å². The van der Waals surface area contributed by atoms with Crippen LogP contribution in [0.2, 0.25) is 0 Å². The van der Waals surface area contributed by atoms with E-state index in [1.165, 1.54) is 5.56 Å². The van der Waals surface area contributed by atoms with E-state index in [1.54, 1.807) is 12.1 Å². The highest BCUT2D eigenvalue weighted by Gasteiger charge is 2.42. The fourth-order valence-corrected chi connectivity index (χ4v) is 11.1. The molecule has 4 aromatic rings. The predicted molar refractivity (Wildman–Crippen MR) is 238 cm³/mol. The number of rotatable bonds is 9. The molecule has 3 amide bonds. The molecule has 5 fully saturated rings. The lowest BCUT2D eigenvalue weighted by Crippen LogP contribution is -2.56. The van der Waals surface area contributed by atoms with Crippen LogP contribution in [0.1, 0.15) is 74.8 Å². The highest BCUT2D eigenvalue weighted by Crippen LogP contribution is 2.44. The van der Waals surface area contributed by atoms with Crippen LogP contribution in [0.3, 0.4) is 0 Å². The summed E-state index contributed by atoms with van der Waals surface area (Å²) in [6.07, 6.45) is 5.85. The summed E-state index contributed by atoms with van der Waals surface area (Å²) in [5.74, 6) is 1.10. The zero-order valence-corrected chi connectivity index (χ0v) is 35.5. The molecule has 10 rings (SSSR count). The molecule has 5 N–H and O–H groups in total. The molecule has 63 heavy (non-hydrogen) atoms. The predicted octanol–water partition coefficient (Wildman–Crippen LogP) is 4.54. The SMILES string of the molecule is Nc1nnc(-c2ccccc2O)cc1C1C[C@H]2COC[C@@H](C1)N2c1cccc(OC2CCN(C(=O)CC3(O)CCN(c4cccc5c4CCN5C4CCC(=O)NC4=O)CC3)CC2)c1. The van der Waals surface area contributed by atoms with Gasteiger partial charge in [0.2, 0.25) is 17.7 Å². The number of hydrogen-bond acceptors (Lipinski definition) is 13. The Kier molecular flexibility index (Phi) is 11.1. The van der Waals surface area contributed by atoms with Crippen LogP contribution in [0, 0.1) is 0 Å². The number of carbonyl (C=O) groups excluding carboxylic acids is 3. The van der Waals surface area contributed by atoms with Gasteiger partial charge in [-0.25, -0.2) is 0 Å². The van der Waals surface area contributed by atoms with Crippen molar-refractivity contribution in [1.82, 2.24) is 20.4 Å². The topological polar surface area (TPSA) is 187 Å². The first-order valence-electron chi connectivity index (χ1n) is 22.6. The van der Waals surface area contributed by atoms with Gasteiger partial charge in [-0.05, 0) is 86.9 Å². The van der Waals surface area contributed by atoms with E-state index < -0.39 is 5.60 Å². The molecule has 15 heteroatoms. The van der Waals surface area contributed by atoms with E-state index in [2.05, 4.69) is 54.5 Å². The summed E-state index contributed by atoms with van der Waals surface area (Å²) in [5, 5.41) is 33.2. The van der Waals surface area contributed by atoms with Crippen LogP contribution in [0.15, 0.2) is 72.8 Å². The first-order valence-corrected chi connectivity index (χ1v) is 22.6. The van der Waals surface area contributed by atoms with E-state index in [-0.39, 0.29) is 60.0 Å². The van der Waals surface area contributed by atoms with Crippen molar-refractivity contribution >= 4 is 40.6 Å². The van der Waals surface area contributed by atoms with E-state index in [0.29, 0.717) is 95.0 Å². The van der Waals surface area contributed by atoms with Crippen LogP contribution in [-0.2, 0) is 25.5 Å². The molecule has 0 spiro atoms. The summed E-state index contributed by atoms with van der Waals surface area (Å²) in [7, 11) is 0. The number of nitrogen functional groups attached to an aromatic ring is 1. The molecule has 15 nitrogen and oxygen atoms in total. The van der Waals surface area contributed by atoms with Crippen molar-refractivity contribution in [3.63, 3.8) is 0 Å². The summed E-state index contributed by atoms with van der Waals surface area (Å²) in [5.41, 5.74) is 12.0. The third kappa shape index (κ3) is 8.24. The van der Waals surface area contributed by atoms with Gasteiger partial charge in [0.15, 0.2) is 0 Å². The second-order valence-electron chi connectivity index (χ2n) is 18.3. The van der Waals surface area contributed by atoms with Gasteiger partial charge in [-0.2, -0.15) is 0 Å². The molecule has 7 heterocycles. The number of phenolic OH excluding ortho intramolecular Hbond substituents is 1. The largest absolute Gasteiger partial charge is 0.507 e. The first-order chi connectivity index (χ1) is 30.6. The van der Waals surface area contributed by atoms with E-state index >= 15 is 0 Å². The average Bonchev–Trinajstić information content (AvgIpc) is 3.71. The second kappa shape index (κ2) is 17.0. The van der Waals surface area contributed by atoms with Crippen molar-refractivity contribution in [2.75, 3.05) is 66.4 Å². The number of likely N-dealkylation sites (tertiary alicyclic amines) is 1. The minimum Gasteiger partial charge on any atom is -0.507 e. The van der Waals surface area contributed by atoms with Gasteiger partial charge in [0, 0.05) is 91.8 Å². The van der Waals surface area contributed by atoms with E-state index in [4.69, 9.17) is 15.2 Å². The molecular weight excluding hydrogens is 801 g/mol. The molecule has 3 aromatic carbocycles. The molecule has 1 aromatic heterocycles. The van der Waals surface area contributed by atoms with Crippen molar-refractivity contribution in [3.8, 4) is 22.8 Å². The number of imide groups is 1. The number of benzene rings is 3. The molecule has 6 aliphatic rings. The number of aromatic nitrogens is 2. The minimum atomic E-state index is -1.06. The Labute approximate surface area is 367 Å². The number of carbonyl (C=O) groups is 3. The Morgan fingerprint density at radius 1 is 0.873 bits per heavy atom. The zero-order valence-electron chi connectivity index (χ0n) is 35.5. The lowest BCUT2D eigenvalue weighted by Gasteiger charge is -2.50. The smallest absolute Gasteiger partial charge is 0.249 e. The maximum Gasteiger partial charge on any atom is 0.249 e. The van der Waals surface area contributed by atoms with Crippen LogP contribution >= 0.6 is 0 Å². The number of piperidine rings is 4. The van der Waals surface area contributed by atoms with Crippen LogP contribution in [0.4, 0.5) is 22.9 Å². The molecular formula is C48H56N8O7. The molecule has 0 radical (unpaired) electrons. The molecule has 6 aliphatic heterocycles. The van der Waals surface area contributed by atoms with Gasteiger partial charge < -0.3 is 45.0 Å².